The quantitative estimate of drug-likeness (QED) is 0.462. The van der Waals surface area contributed by atoms with Crippen molar-refractivity contribution in [3.63, 3.8) is 0 Å². The maximum absolute atomic E-state index is 4.68. The van der Waals surface area contributed by atoms with Gasteiger partial charge in [-0.1, -0.05) is 12.8 Å². The molecule has 1 saturated carbocycles. The van der Waals surface area contributed by atoms with Crippen LogP contribution in [-0.2, 0) is 0 Å². The minimum atomic E-state index is 0.603. The lowest BCUT2D eigenvalue weighted by atomic mass is 9.95. The van der Waals surface area contributed by atoms with Crippen LogP contribution in [0.4, 0.5) is 17.2 Å². The number of fused-ring (bicyclic) bond motifs is 3. The molecule has 1 aliphatic heterocycles. The van der Waals surface area contributed by atoms with Crippen molar-refractivity contribution >= 4 is 39.1 Å². The summed E-state index contributed by atoms with van der Waals surface area (Å²) < 4.78 is 0. The third kappa shape index (κ3) is 3.49. The Kier molecular flexibility index (Phi) is 4.68. The number of H-pyrrole nitrogens is 1. The maximum Gasteiger partial charge on any atom is 0.138 e. The third-order valence-corrected chi connectivity index (χ3v) is 6.68. The number of pyridine rings is 3. The molecule has 0 bridgehead atoms. The van der Waals surface area contributed by atoms with Gasteiger partial charge in [0.05, 0.1) is 35.5 Å². The summed E-state index contributed by atoms with van der Waals surface area (Å²) in [5.74, 6) is 1.43. The van der Waals surface area contributed by atoms with E-state index in [9.17, 15) is 0 Å². The lowest BCUT2D eigenvalue weighted by Gasteiger charge is -2.29. The Hall–Kier alpha value is -3.19. The molecule has 1 aliphatic carbocycles. The molecule has 0 unspecified atom stereocenters. The number of piperazine rings is 1. The number of hydrogen-bond donors (Lipinski definition) is 3. The van der Waals surface area contributed by atoms with Crippen LogP contribution in [0.3, 0.4) is 0 Å². The number of aromatic amines is 1. The zero-order valence-electron chi connectivity index (χ0n) is 17.6. The predicted molar refractivity (Wildman–Crippen MR) is 125 cm³/mol. The van der Waals surface area contributed by atoms with Crippen molar-refractivity contribution in [3.8, 4) is 0 Å². The van der Waals surface area contributed by atoms with Gasteiger partial charge in [-0.25, -0.2) is 9.97 Å². The van der Waals surface area contributed by atoms with Crippen LogP contribution < -0.4 is 15.5 Å². The van der Waals surface area contributed by atoms with Crippen molar-refractivity contribution in [2.75, 3.05) is 36.4 Å². The molecule has 0 radical (unpaired) electrons. The van der Waals surface area contributed by atoms with E-state index in [1.165, 1.54) is 42.3 Å². The summed E-state index contributed by atoms with van der Waals surface area (Å²) in [6.45, 7) is 4.09. The first-order valence-corrected chi connectivity index (χ1v) is 11.3. The second-order valence-electron chi connectivity index (χ2n) is 8.64. The van der Waals surface area contributed by atoms with Crippen molar-refractivity contribution in [2.45, 2.75) is 31.6 Å². The van der Waals surface area contributed by atoms with Gasteiger partial charge < -0.3 is 20.5 Å². The highest BCUT2D eigenvalue weighted by Gasteiger charge is 2.22. The molecular formula is C24H27N7. The molecule has 0 spiro atoms. The summed E-state index contributed by atoms with van der Waals surface area (Å²) in [5, 5.41) is 9.25. The van der Waals surface area contributed by atoms with Crippen LogP contribution in [0.5, 0.6) is 0 Å². The molecule has 158 valence electrons. The van der Waals surface area contributed by atoms with Crippen molar-refractivity contribution in [1.82, 2.24) is 25.3 Å². The van der Waals surface area contributed by atoms with Gasteiger partial charge in [-0.2, -0.15) is 0 Å². The van der Waals surface area contributed by atoms with Gasteiger partial charge >= 0.3 is 0 Å². The largest absolute Gasteiger partial charge is 0.368 e. The first-order valence-electron chi connectivity index (χ1n) is 11.3. The Balaban J connectivity index is 1.31. The fraction of sp³-hybridized carbons (Fsp3) is 0.375. The second-order valence-corrected chi connectivity index (χ2v) is 8.64. The molecule has 0 atom stereocenters. The van der Waals surface area contributed by atoms with Gasteiger partial charge in [-0.15, -0.1) is 0 Å². The molecule has 7 heteroatoms. The molecule has 7 nitrogen and oxygen atoms in total. The smallest absolute Gasteiger partial charge is 0.138 e. The Labute approximate surface area is 181 Å². The fourth-order valence-electron chi connectivity index (χ4n) is 5.09. The van der Waals surface area contributed by atoms with Crippen LogP contribution in [0.1, 0.15) is 37.2 Å². The molecule has 0 aromatic carbocycles. The average molecular weight is 414 g/mol. The van der Waals surface area contributed by atoms with Gasteiger partial charge in [0.1, 0.15) is 11.5 Å². The lowest BCUT2D eigenvalue weighted by Crippen LogP contribution is -2.43. The van der Waals surface area contributed by atoms with Gasteiger partial charge in [0.2, 0.25) is 0 Å². The lowest BCUT2D eigenvalue weighted by molar-refractivity contribution is 0.589. The Morgan fingerprint density at radius 1 is 0.968 bits per heavy atom. The number of rotatable bonds is 4. The summed E-state index contributed by atoms with van der Waals surface area (Å²) in [7, 11) is 0. The highest BCUT2D eigenvalue weighted by Crippen LogP contribution is 2.39. The summed E-state index contributed by atoms with van der Waals surface area (Å²) >= 11 is 0. The summed E-state index contributed by atoms with van der Waals surface area (Å²) in [4.78, 5) is 19.6. The summed E-state index contributed by atoms with van der Waals surface area (Å²) in [5.41, 5.74) is 5.46. The zero-order valence-corrected chi connectivity index (χ0v) is 17.6. The number of nitrogens with one attached hydrogen (secondary N) is 3. The third-order valence-electron chi connectivity index (χ3n) is 6.68. The zero-order chi connectivity index (χ0) is 20.6. The fourth-order valence-corrected chi connectivity index (χ4v) is 5.09. The van der Waals surface area contributed by atoms with Gasteiger partial charge in [-0.05, 0) is 42.5 Å². The maximum atomic E-state index is 4.68. The summed E-state index contributed by atoms with van der Waals surface area (Å²) in [6.07, 6.45) is 12.9. The number of aromatic nitrogens is 4. The van der Waals surface area contributed by atoms with Crippen LogP contribution in [0, 0.1) is 0 Å². The molecule has 4 aromatic heterocycles. The number of anilines is 3. The predicted octanol–water partition coefficient (Wildman–Crippen LogP) is 4.32. The summed E-state index contributed by atoms with van der Waals surface area (Å²) in [6, 6.07) is 6.37. The first kappa shape index (κ1) is 18.6. The molecule has 6 rings (SSSR count). The van der Waals surface area contributed by atoms with Crippen molar-refractivity contribution < 1.29 is 0 Å². The van der Waals surface area contributed by atoms with Gasteiger partial charge in [0.15, 0.2) is 0 Å². The van der Waals surface area contributed by atoms with E-state index in [-0.39, 0.29) is 0 Å². The van der Waals surface area contributed by atoms with Crippen molar-refractivity contribution in [3.05, 3.63) is 48.5 Å². The average Bonchev–Trinajstić information content (AvgIpc) is 3.48. The van der Waals surface area contributed by atoms with Crippen LogP contribution in [0.15, 0.2) is 43.0 Å². The van der Waals surface area contributed by atoms with E-state index in [1.54, 1.807) is 0 Å². The van der Waals surface area contributed by atoms with Gasteiger partial charge in [-0.3, -0.25) is 4.98 Å². The topological polar surface area (TPSA) is 81.8 Å². The van der Waals surface area contributed by atoms with E-state index in [2.05, 4.69) is 53.8 Å². The molecule has 0 amide bonds. The van der Waals surface area contributed by atoms with Gasteiger partial charge in [0, 0.05) is 43.1 Å². The van der Waals surface area contributed by atoms with E-state index in [0.717, 1.165) is 54.2 Å². The van der Waals surface area contributed by atoms with E-state index >= 15 is 0 Å². The highest BCUT2D eigenvalue weighted by atomic mass is 15.2. The molecule has 2 fully saturated rings. The molecule has 5 heterocycles. The SMILES string of the molecule is c1nc2[nH]c3cncc(C4CCCC4)c3c2cc1Nc1ccc(N2CCNCC2)cn1. The standard InChI is InChI=1S/C24H27N7/c1-2-4-16(3-1)20-14-26-15-21-23(20)19-11-17(12-28-24(19)30-21)29-22-6-5-18(13-27-22)31-9-7-25-8-10-31/h5-6,11-16,25H,1-4,7-10H2,(H,27,29)(H,28,30). The van der Waals surface area contributed by atoms with Crippen LogP contribution in [-0.4, -0.2) is 46.1 Å². The molecule has 3 N–H and O–H groups in total. The Morgan fingerprint density at radius 3 is 2.65 bits per heavy atom. The minimum absolute atomic E-state index is 0.603. The van der Waals surface area contributed by atoms with Crippen LogP contribution in [0.25, 0.3) is 21.9 Å². The minimum Gasteiger partial charge on any atom is -0.368 e. The first-order chi connectivity index (χ1) is 15.3. The molecule has 2 aliphatic rings. The van der Waals surface area contributed by atoms with Gasteiger partial charge in [0.25, 0.3) is 0 Å². The number of hydrogen-bond acceptors (Lipinski definition) is 6. The Morgan fingerprint density at radius 2 is 1.84 bits per heavy atom. The highest BCUT2D eigenvalue weighted by molar-refractivity contribution is 6.08. The number of nitrogens with zero attached hydrogens (tertiary/aromatic N) is 4. The van der Waals surface area contributed by atoms with E-state index in [4.69, 9.17) is 0 Å². The van der Waals surface area contributed by atoms with Crippen LogP contribution in [0.2, 0.25) is 0 Å². The van der Waals surface area contributed by atoms with E-state index in [1.807, 2.05) is 24.7 Å². The second kappa shape index (κ2) is 7.81. The molecule has 4 aromatic rings. The van der Waals surface area contributed by atoms with E-state index in [0.29, 0.717) is 5.92 Å². The normalized spacial score (nSPS) is 17.6. The van der Waals surface area contributed by atoms with Crippen LogP contribution >= 0.6 is 0 Å². The molecular weight excluding hydrogens is 386 g/mol. The monoisotopic (exact) mass is 413 g/mol. The van der Waals surface area contributed by atoms with Crippen molar-refractivity contribution in [2.24, 2.45) is 0 Å². The van der Waals surface area contributed by atoms with Crippen molar-refractivity contribution in [1.29, 1.82) is 0 Å². The van der Waals surface area contributed by atoms with E-state index < -0.39 is 0 Å². The molecule has 1 saturated heterocycles. The molecule has 31 heavy (non-hydrogen) atoms. The Bertz CT molecular complexity index is 1200.